The number of rotatable bonds is 7. The van der Waals surface area contributed by atoms with Gasteiger partial charge in [-0.2, -0.15) is 10.1 Å². The van der Waals surface area contributed by atoms with Crippen molar-refractivity contribution in [3.8, 4) is 11.5 Å². The van der Waals surface area contributed by atoms with E-state index in [1.807, 2.05) is 25.1 Å². The van der Waals surface area contributed by atoms with Gasteiger partial charge >= 0.3 is 6.04 Å². The maximum atomic E-state index is 11.6. The summed E-state index contributed by atoms with van der Waals surface area (Å²) >= 11 is 3.42. The third-order valence-corrected chi connectivity index (χ3v) is 4.80. The summed E-state index contributed by atoms with van der Waals surface area (Å²) in [5.41, 5.74) is 4.20. The molecule has 0 fully saturated rings. The molecule has 11 heteroatoms. The topological polar surface area (TPSA) is 123 Å². The van der Waals surface area contributed by atoms with E-state index in [2.05, 4.69) is 41.4 Å². The van der Waals surface area contributed by atoms with Crippen LogP contribution < -0.4 is 14.9 Å². The highest BCUT2D eigenvalue weighted by Gasteiger charge is 2.34. The summed E-state index contributed by atoms with van der Waals surface area (Å²) in [6, 6.07) is 11.1. The molecule has 0 amide bonds. The van der Waals surface area contributed by atoms with Crippen molar-refractivity contribution >= 4 is 45.3 Å². The van der Waals surface area contributed by atoms with E-state index in [1.54, 1.807) is 44.5 Å². The second-order valence-electron chi connectivity index (χ2n) is 6.53. The van der Waals surface area contributed by atoms with E-state index >= 15 is 0 Å². The number of benzene rings is 2. The molecular weight excluding hydrogens is 480 g/mol. The Hall–Kier alpha value is -3.60. The Morgan fingerprint density at radius 2 is 2.00 bits per heavy atom. The van der Waals surface area contributed by atoms with Gasteiger partial charge in [0.2, 0.25) is 11.8 Å². The fourth-order valence-electron chi connectivity index (χ4n) is 2.85. The van der Waals surface area contributed by atoms with Crippen LogP contribution in [0.25, 0.3) is 0 Å². The minimum Gasteiger partial charge on any atom is -0.497 e. The molecule has 10 nitrogen and oxygen atoms in total. The number of hydrazone groups is 1. The zero-order valence-electron chi connectivity index (χ0n) is 17.7. The molecule has 2 aromatic carbocycles. The van der Waals surface area contributed by atoms with Gasteiger partial charge in [-0.3, -0.25) is 10.1 Å². The normalized spacial score (nSPS) is 17.1. The molecule has 1 aliphatic rings. The number of ether oxygens (including phenoxy) is 2. The molecule has 2 aromatic rings. The molecule has 0 aliphatic carbocycles. The van der Waals surface area contributed by atoms with E-state index in [4.69, 9.17) is 9.47 Å². The van der Waals surface area contributed by atoms with E-state index in [0.29, 0.717) is 23.8 Å². The van der Waals surface area contributed by atoms with Crippen LogP contribution in [0.4, 0.5) is 5.69 Å². The predicted molar refractivity (Wildman–Crippen MR) is 127 cm³/mol. The monoisotopic (exact) mass is 500 g/mol. The summed E-state index contributed by atoms with van der Waals surface area (Å²) in [4.78, 5) is 23.9. The third-order valence-electron chi connectivity index (χ3n) is 4.31. The number of methoxy groups -OCH3 is 1. The van der Waals surface area contributed by atoms with E-state index in [0.717, 1.165) is 10.0 Å². The number of halogens is 1. The van der Waals surface area contributed by atoms with Gasteiger partial charge in [-0.15, -0.1) is 0 Å². The van der Waals surface area contributed by atoms with Gasteiger partial charge in [0.05, 0.1) is 25.6 Å². The van der Waals surface area contributed by atoms with Crippen molar-refractivity contribution in [3.63, 3.8) is 0 Å². The molecule has 1 unspecified atom stereocenters. The Balaban J connectivity index is 1.87. The largest absolute Gasteiger partial charge is 0.497 e. The van der Waals surface area contributed by atoms with Crippen LogP contribution in [0, 0.1) is 10.1 Å². The average Bonchev–Trinajstić information content (AvgIpc) is 2.75. The van der Waals surface area contributed by atoms with Gasteiger partial charge in [0.25, 0.3) is 0 Å². The molecule has 0 aromatic heterocycles. The summed E-state index contributed by atoms with van der Waals surface area (Å²) in [6.45, 7) is 3.96. The zero-order valence-corrected chi connectivity index (χ0v) is 19.2. The highest BCUT2D eigenvalue weighted by Crippen LogP contribution is 2.22. The van der Waals surface area contributed by atoms with Gasteiger partial charge in [0, 0.05) is 15.0 Å². The molecule has 1 heterocycles. The van der Waals surface area contributed by atoms with Gasteiger partial charge in [-0.1, -0.05) is 15.9 Å². The quantitative estimate of drug-likeness (QED) is 0.349. The smallest absolute Gasteiger partial charge is 0.309 e. The number of nitro groups is 1. The molecule has 0 saturated heterocycles. The SMILES string of the molecule is CCOc1ccc(Br)cc1/C=N/NC1=NC(=Nc2ccc(OC)cc2)C([N+](=O)[O-])C(C)=N1. The average molecular weight is 501 g/mol. The van der Waals surface area contributed by atoms with Crippen molar-refractivity contribution in [2.24, 2.45) is 20.1 Å². The summed E-state index contributed by atoms with van der Waals surface area (Å²) in [5.74, 6) is 1.42. The molecule has 0 bridgehead atoms. The van der Waals surface area contributed by atoms with Crippen LogP contribution in [0.2, 0.25) is 0 Å². The highest BCUT2D eigenvalue weighted by atomic mass is 79.9. The second-order valence-corrected chi connectivity index (χ2v) is 7.45. The number of hydrogen-bond donors (Lipinski definition) is 1. The van der Waals surface area contributed by atoms with Crippen LogP contribution in [0.3, 0.4) is 0 Å². The first-order valence-electron chi connectivity index (χ1n) is 9.62. The minimum absolute atomic E-state index is 0.00262. The standard InChI is InChI=1S/C21H21BrN6O4/c1-4-32-18-10-5-15(22)11-14(18)12-23-27-21-24-13(2)19(28(29)30)20(26-21)25-16-6-8-17(31-3)9-7-16/h5-12,19H,4H2,1-3H3,(H,25,26,27)/b23-12+. The Morgan fingerprint density at radius 3 is 2.66 bits per heavy atom. The lowest BCUT2D eigenvalue weighted by Gasteiger charge is -2.15. The fourth-order valence-corrected chi connectivity index (χ4v) is 3.23. The fraction of sp³-hybridized carbons (Fsp3) is 0.238. The van der Waals surface area contributed by atoms with E-state index in [-0.39, 0.29) is 17.5 Å². The van der Waals surface area contributed by atoms with E-state index in [9.17, 15) is 10.1 Å². The van der Waals surface area contributed by atoms with Crippen LogP contribution >= 0.6 is 15.9 Å². The molecule has 0 saturated carbocycles. The molecule has 0 radical (unpaired) electrons. The Bertz CT molecular complexity index is 1110. The van der Waals surface area contributed by atoms with Crippen LogP contribution in [0.5, 0.6) is 11.5 Å². The molecular formula is C21H21BrN6O4. The van der Waals surface area contributed by atoms with Crippen molar-refractivity contribution < 1.29 is 14.4 Å². The third kappa shape index (κ3) is 5.76. The van der Waals surface area contributed by atoms with Crippen molar-refractivity contribution in [1.82, 2.24) is 5.43 Å². The second kappa shape index (κ2) is 10.6. The molecule has 0 spiro atoms. The molecule has 32 heavy (non-hydrogen) atoms. The first kappa shape index (κ1) is 23.1. The van der Waals surface area contributed by atoms with Gasteiger partial charge in [-0.05, 0) is 56.3 Å². The van der Waals surface area contributed by atoms with Crippen molar-refractivity contribution in [2.45, 2.75) is 19.9 Å². The number of guanidine groups is 1. The highest BCUT2D eigenvalue weighted by molar-refractivity contribution is 9.10. The zero-order chi connectivity index (χ0) is 23.1. The summed E-state index contributed by atoms with van der Waals surface area (Å²) in [6.07, 6.45) is 1.56. The van der Waals surface area contributed by atoms with Gasteiger partial charge in [-0.25, -0.2) is 15.4 Å². The number of amidine groups is 1. The number of nitrogens with one attached hydrogen (secondary N) is 1. The van der Waals surface area contributed by atoms with Gasteiger partial charge in [0.1, 0.15) is 17.2 Å². The summed E-state index contributed by atoms with van der Waals surface area (Å²) < 4.78 is 11.6. The molecule has 1 N–H and O–H groups in total. The minimum atomic E-state index is -1.25. The summed E-state index contributed by atoms with van der Waals surface area (Å²) in [5, 5.41) is 15.8. The molecule has 166 valence electrons. The Kier molecular flexibility index (Phi) is 7.66. The van der Waals surface area contributed by atoms with Crippen molar-refractivity contribution in [1.29, 1.82) is 0 Å². The predicted octanol–water partition coefficient (Wildman–Crippen LogP) is 3.99. The maximum absolute atomic E-state index is 11.6. The van der Waals surface area contributed by atoms with Crippen LogP contribution in [0.15, 0.2) is 67.0 Å². The van der Waals surface area contributed by atoms with Crippen LogP contribution in [-0.2, 0) is 0 Å². The summed E-state index contributed by atoms with van der Waals surface area (Å²) in [7, 11) is 1.55. The van der Waals surface area contributed by atoms with Crippen LogP contribution in [0.1, 0.15) is 19.4 Å². The van der Waals surface area contributed by atoms with Gasteiger partial charge < -0.3 is 9.47 Å². The molecule has 1 aliphatic heterocycles. The number of hydrogen-bond acceptors (Lipinski definition) is 8. The first-order valence-corrected chi connectivity index (χ1v) is 10.4. The van der Waals surface area contributed by atoms with Gasteiger partial charge in [0.15, 0.2) is 0 Å². The first-order chi connectivity index (χ1) is 15.4. The molecule has 1 atom stereocenters. The lowest BCUT2D eigenvalue weighted by atomic mass is 10.1. The number of aliphatic imine (C=N–C) groups is 3. The maximum Gasteiger partial charge on any atom is 0.309 e. The lowest BCUT2D eigenvalue weighted by molar-refractivity contribution is -0.484. The van der Waals surface area contributed by atoms with Crippen molar-refractivity contribution in [3.05, 3.63) is 62.6 Å². The lowest BCUT2D eigenvalue weighted by Crippen LogP contribution is -2.40. The number of nitrogens with zero attached hydrogens (tertiary/aromatic N) is 5. The molecule has 3 rings (SSSR count). The van der Waals surface area contributed by atoms with E-state index in [1.165, 1.54) is 0 Å². The van der Waals surface area contributed by atoms with E-state index < -0.39 is 11.0 Å². The Labute approximate surface area is 193 Å². The Morgan fingerprint density at radius 1 is 1.25 bits per heavy atom. The van der Waals surface area contributed by atoms with Crippen LogP contribution in [-0.4, -0.2) is 48.4 Å². The van der Waals surface area contributed by atoms with Crippen molar-refractivity contribution in [2.75, 3.05) is 13.7 Å².